The van der Waals surface area contributed by atoms with Crippen LogP contribution in [0.3, 0.4) is 0 Å². The molecule has 0 atom stereocenters. The lowest BCUT2D eigenvalue weighted by Gasteiger charge is -2.02. The molecule has 0 bridgehead atoms. The maximum atomic E-state index is 5.88. The lowest BCUT2D eigenvalue weighted by Crippen LogP contribution is -1.85. The maximum Gasteiger partial charge on any atom is 0.227 e. The van der Waals surface area contributed by atoms with E-state index in [1.54, 1.807) is 0 Å². The van der Waals surface area contributed by atoms with Gasteiger partial charge >= 0.3 is 0 Å². The monoisotopic (exact) mass is 271 g/mol. The third-order valence-corrected chi connectivity index (χ3v) is 3.42. The zero-order chi connectivity index (χ0) is 13.4. The number of rotatable bonds is 2. The fourth-order valence-corrected chi connectivity index (χ4v) is 2.14. The van der Waals surface area contributed by atoms with Crippen LogP contribution in [-0.4, -0.2) is 4.98 Å². The second kappa shape index (κ2) is 4.71. The second-order valence-corrected chi connectivity index (χ2v) is 5.34. The zero-order valence-corrected chi connectivity index (χ0v) is 11.6. The Labute approximate surface area is 117 Å². The van der Waals surface area contributed by atoms with Crippen LogP contribution in [0.25, 0.3) is 22.6 Å². The number of oxazole rings is 1. The lowest BCUT2D eigenvalue weighted by molar-refractivity contribution is 0.619. The van der Waals surface area contributed by atoms with E-state index in [9.17, 15) is 0 Å². The molecular formula is C16H14ClNO. The van der Waals surface area contributed by atoms with Crippen LogP contribution in [0.2, 0.25) is 5.02 Å². The Morgan fingerprint density at radius 1 is 1.05 bits per heavy atom. The molecule has 2 nitrogen and oxygen atoms in total. The summed E-state index contributed by atoms with van der Waals surface area (Å²) in [6, 6.07) is 13.7. The molecule has 0 aliphatic rings. The summed E-state index contributed by atoms with van der Waals surface area (Å²) in [4.78, 5) is 4.50. The molecule has 0 fully saturated rings. The highest BCUT2D eigenvalue weighted by Gasteiger charge is 2.09. The molecule has 19 heavy (non-hydrogen) atoms. The third-order valence-electron chi connectivity index (χ3n) is 3.17. The Balaban J connectivity index is 2.08. The van der Waals surface area contributed by atoms with Gasteiger partial charge in [0.15, 0.2) is 5.58 Å². The highest BCUT2D eigenvalue weighted by Crippen LogP contribution is 2.27. The molecule has 0 radical (unpaired) electrons. The number of halogens is 1. The summed E-state index contributed by atoms with van der Waals surface area (Å²) in [6.45, 7) is 4.33. The maximum absolute atomic E-state index is 5.88. The van der Waals surface area contributed by atoms with Crippen molar-refractivity contribution in [1.29, 1.82) is 0 Å². The topological polar surface area (TPSA) is 26.0 Å². The van der Waals surface area contributed by atoms with Crippen molar-refractivity contribution in [2.75, 3.05) is 0 Å². The molecule has 3 aromatic rings. The zero-order valence-electron chi connectivity index (χ0n) is 10.9. The molecule has 0 aliphatic heterocycles. The van der Waals surface area contributed by atoms with Gasteiger partial charge in [-0.05, 0) is 47.9 Å². The van der Waals surface area contributed by atoms with Gasteiger partial charge in [0.05, 0.1) is 0 Å². The molecule has 96 valence electrons. The Morgan fingerprint density at radius 2 is 1.79 bits per heavy atom. The average Bonchev–Trinajstić information content (AvgIpc) is 2.82. The molecule has 2 aromatic carbocycles. The molecule has 0 spiro atoms. The fraction of sp³-hybridized carbons (Fsp3) is 0.188. The van der Waals surface area contributed by atoms with Crippen LogP contribution in [-0.2, 0) is 0 Å². The van der Waals surface area contributed by atoms with E-state index >= 15 is 0 Å². The van der Waals surface area contributed by atoms with Gasteiger partial charge in [-0.1, -0.05) is 31.5 Å². The number of fused-ring (bicyclic) bond motifs is 1. The molecule has 1 heterocycles. The predicted octanol–water partition coefficient (Wildman–Crippen LogP) is 5.27. The normalized spacial score (nSPS) is 11.4. The largest absolute Gasteiger partial charge is 0.436 e. The molecule has 3 rings (SSSR count). The molecule has 0 aliphatic carbocycles. The molecule has 0 N–H and O–H groups in total. The van der Waals surface area contributed by atoms with Gasteiger partial charge in [-0.25, -0.2) is 4.98 Å². The fourth-order valence-electron chi connectivity index (χ4n) is 2.02. The minimum Gasteiger partial charge on any atom is -0.436 e. The standard InChI is InChI=1S/C16H14ClNO/c1-10(2)12-5-8-14-15(9-12)19-16(18-14)11-3-6-13(17)7-4-11/h3-10H,1-2H3. The van der Waals surface area contributed by atoms with Crippen LogP contribution in [0.15, 0.2) is 46.9 Å². The third kappa shape index (κ3) is 2.36. The van der Waals surface area contributed by atoms with Crippen molar-refractivity contribution in [3.8, 4) is 11.5 Å². The number of nitrogens with zero attached hydrogens (tertiary/aromatic N) is 1. The number of hydrogen-bond acceptors (Lipinski definition) is 2. The Bertz CT molecular complexity index is 713. The van der Waals surface area contributed by atoms with E-state index in [0.717, 1.165) is 16.7 Å². The van der Waals surface area contributed by atoms with Crippen LogP contribution < -0.4 is 0 Å². The second-order valence-electron chi connectivity index (χ2n) is 4.91. The number of benzene rings is 2. The summed E-state index contributed by atoms with van der Waals surface area (Å²) in [5.74, 6) is 1.11. The first-order chi connectivity index (χ1) is 9.13. The van der Waals surface area contributed by atoms with E-state index < -0.39 is 0 Å². The number of hydrogen-bond donors (Lipinski definition) is 0. The minimum absolute atomic E-state index is 0.480. The molecule has 1 aromatic heterocycles. The van der Waals surface area contributed by atoms with Crippen molar-refractivity contribution in [2.45, 2.75) is 19.8 Å². The molecule has 0 saturated heterocycles. The molecule has 0 unspecified atom stereocenters. The van der Waals surface area contributed by atoms with Crippen molar-refractivity contribution in [1.82, 2.24) is 4.98 Å². The Kier molecular flexibility index (Phi) is 3.03. The van der Waals surface area contributed by atoms with Gasteiger partial charge in [-0.3, -0.25) is 0 Å². The van der Waals surface area contributed by atoms with Gasteiger partial charge in [0.1, 0.15) is 5.52 Å². The van der Waals surface area contributed by atoms with Crippen LogP contribution in [0.4, 0.5) is 0 Å². The predicted molar refractivity (Wildman–Crippen MR) is 78.5 cm³/mol. The Morgan fingerprint density at radius 3 is 2.47 bits per heavy atom. The summed E-state index contributed by atoms with van der Waals surface area (Å²) in [5, 5.41) is 0.710. The van der Waals surface area contributed by atoms with Gasteiger partial charge in [0.2, 0.25) is 5.89 Å². The van der Waals surface area contributed by atoms with Crippen molar-refractivity contribution in [3.05, 3.63) is 53.1 Å². The van der Waals surface area contributed by atoms with E-state index in [2.05, 4.69) is 31.0 Å². The summed E-state index contributed by atoms with van der Waals surface area (Å²) in [6.07, 6.45) is 0. The van der Waals surface area contributed by atoms with E-state index in [0.29, 0.717) is 16.8 Å². The van der Waals surface area contributed by atoms with Crippen LogP contribution >= 0.6 is 11.6 Å². The van der Waals surface area contributed by atoms with Crippen LogP contribution in [0, 0.1) is 0 Å². The van der Waals surface area contributed by atoms with E-state index in [1.165, 1.54) is 5.56 Å². The average molecular weight is 272 g/mol. The summed E-state index contributed by atoms with van der Waals surface area (Å²) in [5.41, 5.74) is 3.91. The Hall–Kier alpha value is -1.80. The smallest absolute Gasteiger partial charge is 0.227 e. The highest BCUT2D eigenvalue weighted by atomic mass is 35.5. The number of aromatic nitrogens is 1. The van der Waals surface area contributed by atoms with Crippen LogP contribution in [0.1, 0.15) is 25.3 Å². The van der Waals surface area contributed by atoms with E-state index in [1.807, 2.05) is 30.3 Å². The quantitative estimate of drug-likeness (QED) is 0.634. The molecule has 3 heteroatoms. The van der Waals surface area contributed by atoms with Gasteiger partial charge in [-0.15, -0.1) is 0 Å². The first-order valence-electron chi connectivity index (χ1n) is 6.30. The molecular weight excluding hydrogens is 258 g/mol. The SMILES string of the molecule is CC(C)c1ccc2nc(-c3ccc(Cl)cc3)oc2c1. The van der Waals surface area contributed by atoms with Gasteiger partial charge in [0.25, 0.3) is 0 Å². The summed E-state index contributed by atoms with van der Waals surface area (Å²) >= 11 is 5.88. The first-order valence-corrected chi connectivity index (χ1v) is 6.68. The lowest BCUT2D eigenvalue weighted by atomic mass is 10.0. The highest BCUT2D eigenvalue weighted by molar-refractivity contribution is 6.30. The van der Waals surface area contributed by atoms with Crippen molar-refractivity contribution < 1.29 is 4.42 Å². The molecule has 0 saturated carbocycles. The first kappa shape index (κ1) is 12.2. The van der Waals surface area contributed by atoms with Gasteiger partial charge in [-0.2, -0.15) is 0 Å². The minimum atomic E-state index is 0.480. The van der Waals surface area contributed by atoms with Crippen LogP contribution in [0.5, 0.6) is 0 Å². The van der Waals surface area contributed by atoms with Crippen molar-refractivity contribution in [3.63, 3.8) is 0 Å². The van der Waals surface area contributed by atoms with Gasteiger partial charge < -0.3 is 4.42 Å². The summed E-state index contributed by atoms with van der Waals surface area (Å²) < 4.78 is 5.83. The van der Waals surface area contributed by atoms with E-state index in [-0.39, 0.29) is 0 Å². The van der Waals surface area contributed by atoms with Crippen molar-refractivity contribution in [2.24, 2.45) is 0 Å². The summed E-state index contributed by atoms with van der Waals surface area (Å²) in [7, 11) is 0. The van der Waals surface area contributed by atoms with E-state index in [4.69, 9.17) is 16.0 Å². The van der Waals surface area contributed by atoms with Gasteiger partial charge in [0, 0.05) is 10.6 Å². The van der Waals surface area contributed by atoms with Crippen molar-refractivity contribution >= 4 is 22.7 Å². The molecule has 0 amide bonds.